The Bertz CT molecular complexity index is 687. The SMILES string of the molecule is Brc1ccc(C(C2=CCCC=C2)(C2CC=CCC2)C2CCCCC2)cc1. The molecule has 2 atom stereocenters. The fraction of sp³-hybridized carbons (Fsp3) is 0.520. The Morgan fingerprint density at radius 3 is 2.23 bits per heavy atom. The van der Waals surface area contributed by atoms with Gasteiger partial charge >= 0.3 is 0 Å². The van der Waals surface area contributed by atoms with Crippen molar-refractivity contribution < 1.29 is 0 Å². The van der Waals surface area contributed by atoms with Crippen molar-refractivity contribution in [3.05, 3.63) is 70.3 Å². The van der Waals surface area contributed by atoms with Gasteiger partial charge in [0, 0.05) is 9.89 Å². The third-order valence-corrected chi connectivity index (χ3v) is 7.49. The van der Waals surface area contributed by atoms with Gasteiger partial charge in [-0.25, -0.2) is 0 Å². The summed E-state index contributed by atoms with van der Waals surface area (Å²) in [5.41, 5.74) is 3.38. The summed E-state index contributed by atoms with van der Waals surface area (Å²) >= 11 is 3.66. The molecule has 0 N–H and O–H groups in total. The Morgan fingerprint density at radius 2 is 1.58 bits per heavy atom. The molecule has 0 bridgehead atoms. The van der Waals surface area contributed by atoms with Crippen molar-refractivity contribution in [1.82, 2.24) is 0 Å². The fourth-order valence-electron chi connectivity index (χ4n) is 5.85. The van der Waals surface area contributed by atoms with Crippen molar-refractivity contribution in [2.24, 2.45) is 11.8 Å². The van der Waals surface area contributed by atoms with Gasteiger partial charge in [-0.3, -0.25) is 0 Å². The first kappa shape index (κ1) is 18.3. The van der Waals surface area contributed by atoms with E-state index in [0.29, 0.717) is 0 Å². The minimum atomic E-state index is 0.197. The summed E-state index contributed by atoms with van der Waals surface area (Å²) in [5, 5.41) is 0. The molecule has 0 aliphatic heterocycles. The van der Waals surface area contributed by atoms with Gasteiger partial charge in [-0.2, -0.15) is 0 Å². The highest BCUT2D eigenvalue weighted by Crippen LogP contribution is 2.55. The zero-order chi connectivity index (χ0) is 17.8. The summed E-state index contributed by atoms with van der Waals surface area (Å²) in [6, 6.07) is 9.36. The summed E-state index contributed by atoms with van der Waals surface area (Å²) in [7, 11) is 0. The van der Waals surface area contributed by atoms with Crippen molar-refractivity contribution in [3.63, 3.8) is 0 Å². The topological polar surface area (TPSA) is 0 Å². The van der Waals surface area contributed by atoms with Crippen LogP contribution in [0.2, 0.25) is 0 Å². The van der Waals surface area contributed by atoms with Crippen LogP contribution < -0.4 is 0 Å². The van der Waals surface area contributed by atoms with E-state index < -0.39 is 0 Å². The second kappa shape index (κ2) is 8.30. The zero-order valence-corrected chi connectivity index (χ0v) is 17.4. The molecule has 1 saturated carbocycles. The van der Waals surface area contributed by atoms with Crippen molar-refractivity contribution in [3.8, 4) is 0 Å². The standard InChI is InChI=1S/C25H31Br/c26-24-18-16-23(17-19-24)25(20-10-4-1-5-11-20,21-12-6-2-7-13-21)22-14-8-3-9-15-22/h1,4,6,12-13,16-20,22H,2-3,5,7-11,14-15H2. The lowest BCUT2D eigenvalue weighted by molar-refractivity contribution is 0.155. The minimum absolute atomic E-state index is 0.197. The number of hydrogen-bond donors (Lipinski definition) is 0. The van der Waals surface area contributed by atoms with Crippen LogP contribution in [-0.2, 0) is 5.41 Å². The van der Waals surface area contributed by atoms with Gasteiger partial charge in [-0.05, 0) is 80.1 Å². The molecule has 0 aromatic heterocycles. The van der Waals surface area contributed by atoms with Crippen LogP contribution in [0.1, 0.15) is 69.8 Å². The van der Waals surface area contributed by atoms with E-state index >= 15 is 0 Å². The Kier molecular flexibility index (Phi) is 5.84. The highest BCUT2D eigenvalue weighted by Gasteiger charge is 2.48. The van der Waals surface area contributed by atoms with Crippen LogP contribution in [0.4, 0.5) is 0 Å². The molecule has 0 heterocycles. The molecule has 3 aliphatic rings. The van der Waals surface area contributed by atoms with E-state index in [1.54, 1.807) is 11.1 Å². The lowest BCUT2D eigenvalue weighted by Gasteiger charge is -2.51. The molecular weight excluding hydrogens is 380 g/mol. The summed E-state index contributed by atoms with van der Waals surface area (Å²) in [6.07, 6.45) is 25.6. The molecule has 138 valence electrons. The molecule has 26 heavy (non-hydrogen) atoms. The van der Waals surface area contributed by atoms with Crippen LogP contribution in [0, 0.1) is 11.8 Å². The average molecular weight is 411 g/mol. The molecule has 0 nitrogen and oxygen atoms in total. The normalized spacial score (nSPS) is 26.3. The maximum atomic E-state index is 3.66. The van der Waals surface area contributed by atoms with Gasteiger partial charge in [0.15, 0.2) is 0 Å². The maximum Gasteiger partial charge on any atom is 0.0259 e. The van der Waals surface area contributed by atoms with Crippen molar-refractivity contribution in [2.45, 2.75) is 69.6 Å². The Balaban J connectivity index is 1.88. The van der Waals surface area contributed by atoms with Crippen LogP contribution in [0.3, 0.4) is 0 Å². The lowest BCUT2D eigenvalue weighted by atomic mass is 9.53. The van der Waals surface area contributed by atoms with Gasteiger partial charge < -0.3 is 0 Å². The first-order valence-electron chi connectivity index (χ1n) is 10.6. The van der Waals surface area contributed by atoms with Crippen molar-refractivity contribution in [1.29, 1.82) is 0 Å². The van der Waals surface area contributed by atoms with E-state index in [0.717, 1.165) is 11.8 Å². The van der Waals surface area contributed by atoms with Gasteiger partial charge in [-0.15, -0.1) is 0 Å². The monoisotopic (exact) mass is 410 g/mol. The van der Waals surface area contributed by atoms with Gasteiger partial charge in [0.2, 0.25) is 0 Å². The van der Waals surface area contributed by atoms with Crippen LogP contribution in [0.5, 0.6) is 0 Å². The van der Waals surface area contributed by atoms with Gasteiger partial charge in [0.05, 0.1) is 0 Å². The quantitative estimate of drug-likeness (QED) is 0.442. The van der Waals surface area contributed by atoms with Crippen LogP contribution in [-0.4, -0.2) is 0 Å². The molecule has 0 radical (unpaired) electrons. The van der Waals surface area contributed by atoms with E-state index in [9.17, 15) is 0 Å². The Morgan fingerprint density at radius 1 is 0.769 bits per heavy atom. The van der Waals surface area contributed by atoms with Crippen molar-refractivity contribution in [2.75, 3.05) is 0 Å². The van der Waals surface area contributed by atoms with E-state index in [-0.39, 0.29) is 5.41 Å². The molecule has 0 amide bonds. The fourth-order valence-corrected chi connectivity index (χ4v) is 6.12. The second-order valence-electron chi connectivity index (χ2n) is 8.33. The van der Waals surface area contributed by atoms with E-state index in [1.807, 2.05) is 0 Å². The summed E-state index contributed by atoms with van der Waals surface area (Å²) in [4.78, 5) is 0. The molecule has 4 rings (SSSR count). The second-order valence-corrected chi connectivity index (χ2v) is 9.25. The van der Waals surface area contributed by atoms with E-state index in [4.69, 9.17) is 0 Å². The zero-order valence-electron chi connectivity index (χ0n) is 15.8. The molecule has 1 aromatic carbocycles. The number of rotatable bonds is 4. The molecule has 0 saturated heterocycles. The third-order valence-electron chi connectivity index (χ3n) is 6.96. The first-order chi connectivity index (χ1) is 12.8. The number of allylic oxidation sites excluding steroid dienone is 6. The molecule has 3 aliphatic carbocycles. The minimum Gasteiger partial charge on any atom is -0.0885 e. The van der Waals surface area contributed by atoms with Gasteiger partial charge in [-0.1, -0.05) is 77.7 Å². The predicted octanol–water partition coefficient (Wildman–Crippen LogP) is 7.90. The number of benzene rings is 1. The van der Waals surface area contributed by atoms with Gasteiger partial charge in [0.1, 0.15) is 0 Å². The average Bonchev–Trinajstić information content (AvgIpc) is 2.72. The number of hydrogen-bond acceptors (Lipinski definition) is 0. The molecule has 1 fully saturated rings. The van der Waals surface area contributed by atoms with Crippen LogP contribution >= 0.6 is 15.9 Å². The Labute approximate surface area is 167 Å². The van der Waals surface area contributed by atoms with Gasteiger partial charge in [0.25, 0.3) is 0 Å². The molecule has 0 spiro atoms. The molecular formula is C25H31Br. The molecule has 1 aromatic rings. The highest BCUT2D eigenvalue weighted by molar-refractivity contribution is 9.10. The van der Waals surface area contributed by atoms with Crippen LogP contribution in [0.25, 0.3) is 0 Å². The largest absolute Gasteiger partial charge is 0.0885 e. The smallest absolute Gasteiger partial charge is 0.0259 e. The van der Waals surface area contributed by atoms with E-state index in [2.05, 4.69) is 70.6 Å². The molecule has 2 unspecified atom stereocenters. The molecule has 1 heteroatoms. The van der Waals surface area contributed by atoms with Crippen LogP contribution in [0.15, 0.2) is 64.7 Å². The maximum absolute atomic E-state index is 3.66. The lowest BCUT2D eigenvalue weighted by Crippen LogP contribution is -2.45. The van der Waals surface area contributed by atoms with Crippen molar-refractivity contribution >= 4 is 15.9 Å². The summed E-state index contributed by atoms with van der Waals surface area (Å²) in [6.45, 7) is 0. The number of halogens is 1. The highest BCUT2D eigenvalue weighted by atomic mass is 79.9. The summed E-state index contributed by atoms with van der Waals surface area (Å²) in [5.74, 6) is 1.51. The Hall–Kier alpha value is -1.08. The van der Waals surface area contributed by atoms with E-state index in [1.165, 1.54) is 68.7 Å². The predicted molar refractivity (Wildman–Crippen MR) is 115 cm³/mol. The summed E-state index contributed by atoms with van der Waals surface area (Å²) < 4.78 is 1.19. The first-order valence-corrected chi connectivity index (χ1v) is 11.4. The third kappa shape index (κ3) is 3.40.